The summed E-state index contributed by atoms with van der Waals surface area (Å²) in [6, 6.07) is 11.5. The van der Waals surface area contributed by atoms with Crippen LogP contribution in [0.15, 0.2) is 58.3 Å². The van der Waals surface area contributed by atoms with Gasteiger partial charge in [-0.05, 0) is 24.3 Å². The van der Waals surface area contributed by atoms with Crippen molar-refractivity contribution in [3.8, 4) is 0 Å². The number of esters is 3. The molecule has 0 bridgehead atoms. The van der Waals surface area contributed by atoms with Crippen molar-refractivity contribution in [3.63, 3.8) is 0 Å². The number of nitro groups is 2. The molecule has 208 valence electrons. The van der Waals surface area contributed by atoms with E-state index < -0.39 is 56.8 Å². The van der Waals surface area contributed by atoms with Crippen molar-refractivity contribution in [2.75, 3.05) is 6.61 Å². The Morgan fingerprint density at radius 2 is 1.18 bits per heavy atom. The van der Waals surface area contributed by atoms with E-state index in [0.717, 1.165) is 6.92 Å². The summed E-state index contributed by atoms with van der Waals surface area (Å²) in [6.07, 6.45) is -4.39. The van der Waals surface area contributed by atoms with Crippen LogP contribution >= 0.6 is 23.5 Å². The molecule has 0 aromatic heterocycles. The molecule has 2 aromatic rings. The summed E-state index contributed by atoms with van der Waals surface area (Å²) in [4.78, 5) is 58.0. The summed E-state index contributed by atoms with van der Waals surface area (Å²) < 4.78 is 21.7. The van der Waals surface area contributed by atoms with Gasteiger partial charge in [-0.2, -0.15) is 0 Å². The summed E-state index contributed by atoms with van der Waals surface area (Å²) in [5.74, 6) is -2.05. The second-order valence-corrected chi connectivity index (χ2v) is 10.9. The highest BCUT2D eigenvalue weighted by Crippen LogP contribution is 2.43. The van der Waals surface area contributed by atoms with Gasteiger partial charge < -0.3 is 18.9 Å². The molecule has 1 saturated heterocycles. The number of non-ortho nitro benzene ring substituents is 2. The van der Waals surface area contributed by atoms with Crippen LogP contribution in [0.25, 0.3) is 0 Å². The Balaban J connectivity index is 2.00. The SMILES string of the molecule is CC(=O)O[C@@H]1[C@H](OC(C)=O)[C@H](OC(C)=O)CO[C@@H]1C(Sc1ccc([N+](=O)[O-])cc1)Sc1ccc([N+](=O)[O-])cc1. The lowest BCUT2D eigenvalue weighted by atomic mass is 10.00. The molecule has 1 heterocycles. The number of carbonyl (C=O) groups excluding carboxylic acids is 3. The number of carbonyl (C=O) groups is 3. The van der Waals surface area contributed by atoms with Crippen LogP contribution in [0.5, 0.6) is 0 Å². The Hall–Kier alpha value is -3.69. The molecule has 1 aliphatic heterocycles. The van der Waals surface area contributed by atoms with Crippen molar-refractivity contribution >= 4 is 52.8 Å². The van der Waals surface area contributed by atoms with Gasteiger partial charge in [0.25, 0.3) is 11.4 Å². The van der Waals surface area contributed by atoms with Crippen molar-refractivity contribution in [1.82, 2.24) is 0 Å². The topological polar surface area (TPSA) is 174 Å². The molecular weight excluding hydrogens is 556 g/mol. The molecule has 0 aliphatic carbocycles. The van der Waals surface area contributed by atoms with E-state index in [1.165, 1.54) is 61.6 Å². The first kappa shape index (κ1) is 29.9. The number of rotatable bonds is 10. The standard InChI is InChI=1S/C24H24N2O11S2/c1-13(27)35-20-12-34-23(22(37-15(3)29)21(20)36-14(2)28)24(38-18-8-4-16(5-9-18)25(30)31)39-19-10-6-17(7-11-19)26(32)33/h4-11,20-24H,12H2,1-3H3/t20-,21-,22-,23+/m1/s1. The first-order valence-corrected chi connectivity index (χ1v) is 13.2. The number of thioether (sulfide) groups is 2. The fourth-order valence-corrected chi connectivity index (χ4v) is 6.44. The lowest BCUT2D eigenvalue weighted by Crippen LogP contribution is -2.59. The van der Waals surface area contributed by atoms with Gasteiger partial charge in [0, 0.05) is 54.8 Å². The monoisotopic (exact) mass is 580 g/mol. The highest BCUT2D eigenvalue weighted by Gasteiger charge is 2.50. The number of nitrogens with zero attached hydrogens (tertiary/aromatic N) is 2. The average molecular weight is 581 g/mol. The van der Waals surface area contributed by atoms with Gasteiger partial charge in [-0.3, -0.25) is 34.6 Å². The van der Waals surface area contributed by atoms with Crippen molar-refractivity contribution in [3.05, 3.63) is 68.8 Å². The molecule has 0 saturated carbocycles. The quantitative estimate of drug-likeness (QED) is 0.0988. The van der Waals surface area contributed by atoms with Gasteiger partial charge in [0.2, 0.25) is 0 Å². The zero-order chi connectivity index (χ0) is 28.7. The van der Waals surface area contributed by atoms with Crippen LogP contribution in [0.3, 0.4) is 0 Å². The number of ether oxygens (including phenoxy) is 4. The van der Waals surface area contributed by atoms with Gasteiger partial charge in [0.05, 0.1) is 21.0 Å². The van der Waals surface area contributed by atoms with Crippen LogP contribution < -0.4 is 0 Å². The number of nitro benzene ring substituents is 2. The Morgan fingerprint density at radius 1 is 0.769 bits per heavy atom. The van der Waals surface area contributed by atoms with Crippen LogP contribution in [0.2, 0.25) is 0 Å². The van der Waals surface area contributed by atoms with Crippen LogP contribution in [0, 0.1) is 20.2 Å². The summed E-state index contributed by atoms with van der Waals surface area (Å²) in [5.41, 5.74) is -0.213. The van der Waals surface area contributed by atoms with Crippen molar-refractivity contribution in [2.45, 2.75) is 59.6 Å². The Labute approximate surface area is 230 Å². The van der Waals surface area contributed by atoms with E-state index in [9.17, 15) is 34.6 Å². The molecule has 3 rings (SSSR count). The minimum Gasteiger partial charge on any atom is -0.456 e. The lowest BCUT2D eigenvalue weighted by molar-refractivity contribution is -0.385. The van der Waals surface area contributed by atoms with Crippen LogP contribution in [0.1, 0.15) is 20.8 Å². The van der Waals surface area contributed by atoms with Crippen molar-refractivity contribution in [1.29, 1.82) is 0 Å². The first-order chi connectivity index (χ1) is 18.4. The van der Waals surface area contributed by atoms with Crippen LogP contribution in [-0.2, 0) is 33.3 Å². The molecule has 2 aromatic carbocycles. The van der Waals surface area contributed by atoms with Crippen molar-refractivity contribution < 1.29 is 43.2 Å². The smallest absolute Gasteiger partial charge is 0.303 e. The van der Waals surface area contributed by atoms with E-state index in [2.05, 4.69) is 0 Å². The second kappa shape index (κ2) is 13.4. The highest BCUT2D eigenvalue weighted by molar-refractivity contribution is 8.17. The van der Waals surface area contributed by atoms with Crippen molar-refractivity contribution in [2.24, 2.45) is 0 Å². The molecule has 0 amide bonds. The number of hydrogen-bond acceptors (Lipinski definition) is 13. The second-order valence-electron chi connectivity index (χ2n) is 8.20. The minimum absolute atomic E-state index is 0.107. The first-order valence-electron chi connectivity index (χ1n) is 11.4. The summed E-state index contributed by atoms with van der Waals surface area (Å²) in [6.45, 7) is 3.32. The molecule has 13 nitrogen and oxygen atoms in total. The average Bonchev–Trinajstić information content (AvgIpc) is 2.85. The van der Waals surface area contributed by atoms with E-state index in [1.54, 1.807) is 24.3 Å². The lowest BCUT2D eigenvalue weighted by Gasteiger charge is -2.42. The predicted molar refractivity (Wildman–Crippen MR) is 138 cm³/mol. The van der Waals surface area contributed by atoms with E-state index >= 15 is 0 Å². The van der Waals surface area contributed by atoms with Gasteiger partial charge in [0.15, 0.2) is 18.3 Å². The molecule has 0 unspecified atom stereocenters. The molecule has 1 aliphatic rings. The number of benzene rings is 2. The zero-order valence-electron chi connectivity index (χ0n) is 20.9. The summed E-state index contributed by atoms with van der Waals surface area (Å²) in [5, 5.41) is 22.2. The van der Waals surface area contributed by atoms with Crippen LogP contribution in [0.4, 0.5) is 11.4 Å². The molecule has 0 N–H and O–H groups in total. The van der Waals surface area contributed by atoms with E-state index in [4.69, 9.17) is 18.9 Å². The molecule has 39 heavy (non-hydrogen) atoms. The van der Waals surface area contributed by atoms with Gasteiger partial charge in [0.1, 0.15) is 6.10 Å². The van der Waals surface area contributed by atoms with Gasteiger partial charge in [-0.25, -0.2) is 0 Å². The maximum Gasteiger partial charge on any atom is 0.303 e. The Bertz CT molecular complexity index is 1160. The maximum atomic E-state index is 12.1. The molecular formula is C24H24N2O11S2. The predicted octanol–water partition coefficient (Wildman–Crippen LogP) is 3.91. The third kappa shape index (κ3) is 8.40. The normalized spacial score (nSPS) is 20.6. The van der Waals surface area contributed by atoms with Gasteiger partial charge in [-0.15, -0.1) is 23.5 Å². The summed E-state index contributed by atoms with van der Waals surface area (Å²) >= 11 is 2.46. The molecule has 15 heteroatoms. The molecule has 0 spiro atoms. The maximum absolute atomic E-state index is 12.1. The fraction of sp³-hybridized carbons (Fsp3) is 0.375. The summed E-state index contributed by atoms with van der Waals surface area (Å²) in [7, 11) is 0. The minimum atomic E-state index is -1.20. The van der Waals surface area contributed by atoms with Gasteiger partial charge in [-0.1, -0.05) is 0 Å². The third-order valence-electron chi connectivity index (χ3n) is 5.26. The van der Waals surface area contributed by atoms with Gasteiger partial charge >= 0.3 is 17.9 Å². The number of hydrogen-bond donors (Lipinski definition) is 0. The van der Waals surface area contributed by atoms with E-state index in [1.807, 2.05) is 0 Å². The van der Waals surface area contributed by atoms with E-state index in [0.29, 0.717) is 9.79 Å². The Kier molecular flexibility index (Phi) is 10.3. The van der Waals surface area contributed by atoms with Crippen LogP contribution in [-0.4, -0.2) is 63.4 Å². The third-order valence-corrected chi connectivity index (χ3v) is 7.92. The molecule has 1 fully saturated rings. The zero-order valence-corrected chi connectivity index (χ0v) is 22.5. The highest BCUT2D eigenvalue weighted by atomic mass is 32.2. The molecule has 0 radical (unpaired) electrons. The molecule has 4 atom stereocenters. The Morgan fingerprint density at radius 3 is 1.56 bits per heavy atom. The largest absolute Gasteiger partial charge is 0.456 e. The van der Waals surface area contributed by atoms with E-state index in [-0.39, 0.29) is 18.0 Å². The fourth-order valence-electron chi connectivity index (χ4n) is 3.72.